The van der Waals surface area contributed by atoms with Crippen molar-refractivity contribution in [1.82, 2.24) is 4.98 Å². The van der Waals surface area contributed by atoms with Crippen LogP contribution in [0.5, 0.6) is 5.75 Å². The van der Waals surface area contributed by atoms with Crippen molar-refractivity contribution < 1.29 is 4.74 Å². The molecular weight excluding hydrogens is 250 g/mol. The fraction of sp³-hybridized carbons (Fsp3) is 0.250. The Kier molecular flexibility index (Phi) is 2.65. The molecule has 3 rings (SSSR count). The Bertz CT molecular complexity index is 729. The standard InChI is InChI=1S/C16H15N3O/c1-16(2)12-8-10(9-17)15(18-3)19-14(12)11-6-4-5-7-13(11)20-16/h4-8H,1-3H3,(H,18,19). The largest absolute Gasteiger partial charge is 0.482 e. The van der Waals surface area contributed by atoms with Gasteiger partial charge in [0, 0.05) is 18.2 Å². The van der Waals surface area contributed by atoms with Crippen LogP contribution in [0.1, 0.15) is 25.0 Å². The Labute approximate surface area is 118 Å². The summed E-state index contributed by atoms with van der Waals surface area (Å²) in [5.74, 6) is 1.42. The predicted molar refractivity (Wildman–Crippen MR) is 77.6 cm³/mol. The molecule has 1 N–H and O–H groups in total. The molecule has 2 aromatic rings. The van der Waals surface area contributed by atoms with Crippen molar-refractivity contribution in [3.8, 4) is 23.1 Å². The first kappa shape index (κ1) is 12.5. The highest BCUT2D eigenvalue weighted by atomic mass is 16.5. The summed E-state index contributed by atoms with van der Waals surface area (Å²) in [4.78, 5) is 4.63. The van der Waals surface area contributed by atoms with Crippen LogP contribution in [0.25, 0.3) is 11.3 Å². The number of fused-ring (bicyclic) bond motifs is 3. The van der Waals surface area contributed by atoms with Crippen LogP contribution in [0.3, 0.4) is 0 Å². The van der Waals surface area contributed by atoms with Gasteiger partial charge in [-0.2, -0.15) is 5.26 Å². The average molecular weight is 265 g/mol. The minimum Gasteiger partial charge on any atom is -0.482 e. The molecule has 2 heterocycles. The van der Waals surface area contributed by atoms with E-state index < -0.39 is 5.60 Å². The van der Waals surface area contributed by atoms with Crippen molar-refractivity contribution in [3.63, 3.8) is 0 Å². The quantitative estimate of drug-likeness (QED) is 0.859. The number of anilines is 1. The summed E-state index contributed by atoms with van der Waals surface area (Å²) in [7, 11) is 1.77. The number of pyridine rings is 1. The average Bonchev–Trinajstić information content (AvgIpc) is 2.45. The van der Waals surface area contributed by atoms with Gasteiger partial charge < -0.3 is 10.1 Å². The number of para-hydroxylation sites is 1. The molecule has 100 valence electrons. The highest BCUT2D eigenvalue weighted by Gasteiger charge is 2.34. The second kappa shape index (κ2) is 4.24. The predicted octanol–water partition coefficient (Wildman–Crippen LogP) is 3.29. The topological polar surface area (TPSA) is 57.9 Å². The van der Waals surface area contributed by atoms with E-state index in [1.54, 1.807) is 7.05 Å². The number of hydrogen-bond acceptors (Lipinski definition) is 4. The minimum atomic E-state index is -0.505. The molecule has 1 aliphatic heterocycles. The molecule has 4 nitrogen and oxygen atoms in total. The first-order chi connectivity index (χ1) is 9.56. The molecule has 0 saturated carbocycles. The number of aromatic nitrogens is 1. The Morgan fingerprint density at radius 1 is 1.30 bits per heavy atom. The van der Waals surface area contributed by atoms with Crippen molar-refractivity contribution in [2.45, 2.75) is 19.4 Å². The van der Waals surface area contributed by atoms with Crippen molar-refractivity contribution in [2.75, 3.05) is 12.4 Å². The van der Waals surface area contributed by atoms with E-state index in [2.05, 4.69) is 16.4 Å². The van der Waals surface area contributed by atoms with E-state index >= 15 is 0 Å². The van der Waals surface area contributed by atoms with Crippen LogP contribution < -0.4 is 10.1 Å². The molecule has 0 fully saturated rings. The summed E-state index contributed by atoms with van der Waals surface area (Å²) in [6.45, 7) is 3.98. The van der Waals surface area contributed by atoms with E-state index in [4.69, 9.17) is 4.74 Å². The summed E-state index contributed by atoms with van der Waals surface area (Å²) >= 11 is 0. The zero-order chi connectivity index (χ0) is 14.3. The Morgan fingerprint density at radius 3 is 2.75 bits per heavy atom. The number of rotatable bonds is 1. The molecular formula is C16H15N3O. The van der Waals surface area contributed by atoms with Gasteiger partial charge in [-0.1, -0.05) is 12.1 Å². The van der Waals surface area contributed by atoms with Gasteiger partial charge in [-0.3, -0.25) is 0 Å². The lowest BCUT2D eigenvalue weighted by molar-refractivity contribution is 0.105. The van der Waals surface area contributed by atoms with Gasteiger partial charge in [0.1, 0.15) is 23.2 Å². The van der Waals surface area contributed by atoms with Crippen LogP contribution >= 0.6 is 0 Å². The first-order valence-corrected chi connectivity index (χ1v) is 6.48. The lowest BCUT2D eigenvalue weighted by Crippen LogP contribution is -2.30. The van der Waals surface area contributed by atoms with Gasteiger partial charge in [-0.05, 0) is 32.0 Å². The number of nitriles is 1. The van der Waals surface area contributed by atoms with Crippen LogP contribution in [0, 0.1) is 11.3 Å². The molecule has 1 aliphatic rings. The number of benzene rings is 1. The highest BCUT2D eigenvalue weighted by Crippen LogP contribution is 2.44. The third-order valence-corrected chi connectivity index (χ3v) is 3.54. The fourth-order valence-electron chi connectivity index (χ4n) is 2.53. The van der Waals surface area contributed by atoms with E-state index in [-0.39, 0.29) is 0 Å². The zero-order valence-electron chi connectivity index (χ0n) is 11.7. The molecule has 0 unspecified atom stereocenters. The fourth-order valence-corrected chi connectivity index (χ4v) is 2.53. The third kappa shape index (κ3) is 1.71. The molecule has 0 spiro atoms. The molecule has 0 radical (unpaired) electrons. The molecule has 0 atom stereocenters. The molecule has 4 heteroatoms. The van der Waals surface area contributed by atoms with Crippen molar-refractivity contribution in [1.29, 1.82) is 5.26 Å². The molecule has 0 aliphatic carbocycles. The van der Waals surface area contributed by atoms with Gasteiger partial charge in [0.25, 0.3) is 0 Å². The highest BCUT2D eigenvalue weighted by molar-refractivity contribution is 5.76. The second-order valence-corrected chi connectivity index (χ2v) is 5.25. The third-order valence-electron chi connectivity index (χ3n) is 3.54. The lowest BCUT2D eigenvalue weighted by atomic mass is 9.88. The Morgan fingerprint density at radius 2 is 2.05 bits per heavy atom. The van der Waals surface area contributed by atoms with Crippen LogP contribution in [-0.4, -0.2) is 12.0 Å². The first-order valence-electron chi connectivity index (χ1n) is 6.48. The van der Waals surface area contributed by atoms with E-state index in [1.807, 2.05) is 44.2 Å². The van der Waals surface area contributed by atoms with E-state index in [9.17, 15) is 5.26 Å². The van der Waals surface area contributed by atoms with Gasteiger partial charge in [-0.15, -0.1) is 0 Å². The smallest absolute Gasteiger partial charge is 0.144 e. The van der Waals surface area contributed by atoms with E-state index in [1.165, 1.54) is 0 Å². The van der Waals surface area contributed by atoms with E-state index in [0.29, 0.717) is 11.4 Å². The van der Waals surface area contributed by atoms with Crippen LogP contribution in [0.2, 0.25) is 0 Å². The van der Waals surface area contributed by atoms with Crippen molar-refractivity contribution in [2.24, 2.45) is 0 Å². The molecule has 0 saturated heterocycles. The van der Waals surface area contributed by atoms with Crippen molar-refractivity contribution in [3.05, 3.63) is 41.5 Å². The maximum Gasteiger partial charge on any atom is 0.144 e. The second-order valence-electron chi connectivity index (χ2n) is 5.25. The Hall–Kier alpha value is -2.54. The maximum absolute atomic E-state index is 9.25. The SMILES string of the molecule is CNc1nc2c(cc1C#N)C(C)(C)Oc1ccccc1-2. The van der Waals surface area contributed by atoms with Crippen LogP contribution in [0.4, 0.5) is 5.82 Å². The molecule has 20 heavy (non-hydrogen) atoms. The van der Waals surface area contributed by atoms with Gasteiger partial charge >= 0.3 is 0 Å². The number of ether oxygens (including phenoxy) is 1. The van der Waals surface area contributed by atoms with Crippen molar-refractivity contribution >= 4 is 5.82 Å². The monoisotopic (exact) mass is 265 g/mol. The number of hydrogen-bond donors (Lipinski definition) is 1. The maximum atomic E-state index is 9.25. The summed E-state index contributed by atoms with van der Waals surface area (Å²) in [6.07, 6.45) is 0. The van der Waals surface area contributed by atoms with Gasteiger partial charge in [0.05, 0.1) is 11.3 Å². The zero-order valence-corrected chi connectivity index (χ0v) is 11.7. The molecule has 1 aromatic carbocycles. The summed E-state index contributed by atoms with van der Waals surface area (Å²) in [5.41, 5.74) is 2.80. The van der Waals surface area contributed by atoms with E-state index in [0.717, 1.165) is 22.6 Å². The summed E-state index contributed by atoms with van der Waals surface area (Å²) in [5, 5.41) is 12.2. The molecule has 0 bridgehead atoms. The number of nitrogens with zero attached hydrogens (tertiary/aromatic N) is 2. The van der Waals surface area contributed by atoms with Crippen LogP contribution in [-0.2, 0) is 5.60 Å². The van der Waals surface area contributed by atoms with Crippen LogP contribution in [0.15, 0.2) is 30.3 Å². The van der Waals surface area contributed by atoms with Gasteiger partial charge in [0.15, 0.2) is 0 Å². The molecule has 1 aromatic heterocycles. The normalized spacial score (nSPS) is 14.5. The summed E-state index contributed by atoms with van der Waals surface area (Å²) in [6, 6.07) is 11.9. The minimum absolute atomic E-state index is 0.505. The Balaban J connectivity index is 2.35. The van der Waals surface area contributed by atoms with Gasteiger partial charge in [0.2, 0.25) is 0 Å². The van der Waals surface area contributed by atoms with Gasteiger partial charge in [-0.25, -0.2) is 4.98 Å². The lowest BCUT2D eigenvalue weighted by Gasteiger charge is -2.34. The molecule has 0 amide bonds. The number of nitrogens with one attached hydrogen (secondary N) is 1. The summed E-state index contributed by atoms with van der Waals surface area (Å²) < 4.78 is 6.05.